The molecule has 0 amide bonds. The van der Waals surface area contributed by atoms with E-state index in [-0.39, 0.29) is 0 Å². The first-order chi connectivity index (χ1) is 5.70. The second kappa shape index (κ2) is 8.09. The van der Waals surface area contributed by atoms with Crippen LogP contribution in [0.15, 0.2) is 11.1 Å². The van der Waals surface area contributed by atoms with Crippen LogP contribution < -0.4 is 5.32 Å². The second-order valence-electron chi connectivity index (χ2n) is 2.93. The minimum absolute atomic E-state index is 0.644. The highest BCUT2D eigenvalue weighted by molar-refractivity contribution is 9.09. The summed E-state index contributed by atoms with van der Waals surface area (Å²) in [6.45, 7) is 6.15. The van der Waals surface area contributed by atoms with Gasteiger partial charge in [0.2, 0.25) is 0 Å². The van der Waals surface area contributed by atoms with Crippen molar-refractivity contribution in [1.29, 1.82) is 0 Å². The molecule has 1 unspecified atom stereocenters. The van der Waals surface area contributed by atoms with E-state index in [1.807, 2.05) is 6.92 Å². The van der Waals surface area contributed by atoms with Gasteiger partial charge in [-0.3, -0.25) is 0 Å². The van der Waals surface area contributed by atoms with E-state index in [4.69, 9.17) is 11.6 Å². The molecule has 0 spiro atoms. The largest absolute Gasteiger partial charge is 0.313 e. The molecular formula is C9H17BrClN. The van der Waals surface area contributed by atoms with Gasteiger partial charge in [-0.2, -0.15) is 0 Å². The lowest BCUT2D eigenvalue weighted by atomic mass is 10.2. The summed E-state index contributed by atoms with van der Waals surface area (Å²) < 4.78 is 0. The fourth-order valence-corrected chi connectivity index (χ4v) is 1.09. The molecule has 1 atom stereocenters. The topological polar surface area (TPSA) is 12.0 Å². The number of hydrogen-bond acceptors (Lipinski definition) is 1. The van der Waals surface area contributed by atoms with Crippen LogP contribution in [0, 0.1) is 0 Å². The van der Waals surface area contributed by atoms with Crippen molar-refractivity contribution < 1.29 is 0 Å². The summed E-state index contributed by atoms with van der Waals surface area (Å²) in [7, 11) is 0. The van der Waals surface area contributed by atoms with Gasteiger partial charge in [-0.15, -0.1) is 0 Å². The van der Waals surface area contributed by atoms with Gasteiger partial charge in [-0.25, -0.2) is 0 Å². The number of hydrogen-bond donors (Lipinski definition) is 1. The van der Waals surface area contributed by atoms with Crippen LogP contribution in [-0.4, -0.2) is 17.9 Å². The maximum absolute atomic E-state index is 5.51. The smallest absolute Gasteiger partial charge is 0.0173 e. The van der Waals surface area contributed by atoms with Crippen LogP contribution in [-0.2, 0) is 0 Å². The molecule has 0 aliphatic heterocycles. The molecule has 12 heavy (non-hydrogen) atoms. The van der Waals surface area contributed by atoms with Crippen LogP contribution in [0.1, 0.15) is 26.7 Å². The molecule has 1 nitrogen and oxygen atoms in total. The molecule has 1 N–H and O–H groups in total. The van der Waals surface area contributed by atoms with Crippen molar-refractivity contribution in [1.82, 2.24) is 5.32 Å². The van der Waals surface area contributed by atoms with Gasteiger partial charge in [0.25, 0.3) is 0 Å². The van der Waals surface area contributed by atoms with E-state index in [1.165, 1.54) is 18.4 Å². The van der Waals surface area contributed by atoms with Crippen molar-refractivity contribution >= 4 is 27.5 Å². The summed E-state index contributed by atoms with van der Waals surface area (Å²) in [6.07, 6.45) is 2.36. The van der Waals surface area contributed by atoms with Crippen LogP contribution >= 0.6 is 27.5 Å². The van der Waals surface area contributed by atoms with E-state index in [1.54, 1.807) is 5.54 Å². The zero-order chi connectivity index (χ0) is 9.40. The Kier molecular flexibility index (Phi) is 8.40. The van der Waals surface area contributed by atoms with Crippen molar-refractivity contribution in [2.24, 2.45) is 0 Å². The molecule has 0 aromatic carbocycles. The Hall–Kier alpha value is 0.470. The summed E-state index contributed by atoms with van der Waals surface area (Å²) in [5, 5.41) is 3.32. The first-order valence-electron chi connectivity index (χ1n) is 4.31. The Morgan fingerprint density at radius 2 is 2.33 bits per heavy atom. The highest BCUT2D eigenvalue weighted by atomic mass is 79.9. The van der Waals surface area contributed by atoms with Crippen molar-refractivity contribution in [2.45, 2.75) is 31.5 Å². The van der Waals surface area contributed by atoms with Gasteiger partial charge < -0.3 is 5.32 Å². The zero-order valence-corrected chi connectivity index (χ0v) is 10.1. The normalized spacial score (nSPS) is 14.8. The van der Waals surface area contributed by atoms with Gasteiger partial charge in [0.1, 0.15) is 0 Å². The SMILES string of the molecule is CCC(Br)CCNCC(C)=CCl. The van der Waals surface area contributed by atoms with Crippen molar-refractivity contribution in [3.63, 3.8) is 0 Å². The van der Waals surface area contributed by atoms with E-state index >= 15 is 0 Å². The van der Waals surface area contributed by atoms with Crippen molar-refractivity contribution in [3.05, 3.63) is 11.1 Å². The molecule has 0 aliphatic carbocycles. The Morgan fingerprint density at radius 1 is 1.67 bits per heavy atom. The average Bonchev–Trinajstić information content (AvgIpc) is 2.11. The minimum atomic E-state index is 0.644. The Labute approximate surface area is 88.7 Å². The predicted molar refractivity (Wildman–Crippen MR) is 60.1 cm³/mol. The number of alkyl halides is 1. The number of rotatable bonds is 6. The third-order valence-corrected chi connectivity index (χ3v) is 3.15. The van der Waals surface area contributed by atoms with Crippen molar-refractivity contribution in [2.75, 3.05) is 13.1 Å². The molecule has 0 aromatic heterocycles. The van der Waals surface area contributed by atoms with Crippen LogP contribution in [0.25, 0.3) is 0 Å². The Balaban J connectivity index is 3.21. The number of halogens is 2. The van der Waals surface area contributed by atoms with Crippen molar-refractivity contribution in [3.8, 4) is 0 Å². The molecule has 0 saturated heterocycles. The van der Waals surface area contributed by atoms with E-state index in [9.17, 15) is 0 Å². The van der Waals surface area contributed by atoms with E-state index in [2.05, 4.69) is 28.2 Å². The maximum Gasteiger partial charge on any atom is 0.0173 e. The fourth-order valence-electron chi connectivity index (χ4n) is 0.787. The first kappa shape index (κ1) is 12.5. The van der Waals surface area contributed by atoms with Gasteiger partial charge in [-0.1, -0.05) is 34.5 Å². The average molecular weight is 255 g/mol. The molecule has 72 valence electrons. The molecule has 0 fully saturated rings. The van der Waals surface area contributed by atoms with Gasteiger partial charge in [0, 0.05) is 16.9 Å². The summed E-state index contributed by atoms with van der Waals surface area (Å²) in [6, 6.07) is 0. The highest BCUT2D eigenvalue weighted by Gasteiger charge is 1.98. The molecule has 0 radical (unpaired) electrons. The lowest BCUT2D eigenvalue weighted by molar-refractivity contribution is 0.656. The molecule has 0 rings (SSSR count). The monoisotopic (exact) mass is 253 g/mol. The Bertz CT molecular complexity index is 136. The lowest BCUT2D eigenvalue weighted by Gasteiger charge is -2.07. The third-order valence-electron chi connectivity index (χ3n) is 1.67. The fraction of sp³-hybridized carbons (Fsp3) is 0.778. The quantitative estimate of drug-likeness (QED) is 0.567. The van der Waals surface area contributed by atoms with Gasteiger partial charge in [0.05, 0.1) is 0 Å². The number of nitrogens with one attached hydrogen (secondary N) is 1. The maximum atomic E-state index is 5.51. The predicted octanol–water partition coefficient (Wildman–Crippen LogP) is 3.28. The molecule has 0 saturated carbocycles. The molecule has 0 heterocycles. The van der Waals surface area contributed by atoms with Gasteiger partial charge in [-0.05, 0) is 31.9 Å². The molecule has 0 aliphatic rings. The second-order valence-corrected chi connectivity index (χ2v) is 4.44. The van der Waals surface area contributed by atoms with E-state index in [0.717, 1.165) is 13.1 Å². The van der Waals surface area contributed by atoms with E-state index < -0.39 is 0 Å². The summed E-state index contributed by atoms with van der Waals surface area (Å²) >= 11 is 9.09. The summed E-state index contributed by atoms with van der Waals surface area (Å²) in [4.78, 5) is 0.644. The van der Waals surface area contributed by atoms with Crippen LogP contribution in [0.4, 0.5) is 0 Å². The zero-order valence-electron chi connectivity index (χ0n) is 7.74. The van der Waals surface area contributed by atoms with Gasteiger partial charge in [0.15, 0.2) is 0 Å². The minimum Gasteiger partial charge on any atom is -0.313 e. The summed E-state index contributed by atoms with van der Waals surface area (Å²) in [5.74, 6) is 0. The highest BCUT2D eigenvalue weighted by Crippen LogP contribution is 2.07. The molecular weight excluding hydrogens is 237 g/mol. The Morgan fingerprint density at radius 3 is 2.83 bits per heavy atom. The molecule has 3 heteroatoms. The third kappa shape index (κ3) is 7.14. The summed E-state index contributed by atoms with van der Waals surface area (Å²) in [5.41, 5.74) is 2.80. The van der Waals surface area contributed by atoms with Crippen LogP contribution in [0.2, 0.25) is 0 Å². The van der Waals surface area contributed by atoms with Crippen LogP contribution in [0.3, 0.4) is 0 Å². The lowest BCUT2D eigenvalue weighted by Crippen LogP contribution is -2.19. The first-order valence-corrected chi connectivity index (χ1v) is 5.66. The van der Waals surface area contributed by atoms with Crippen LogP contribution in [0.5, 0.6) is 0 Å². The standard InChI is InChI=1S/C9H17BrClN/c1-3-9(10)4-5-12-7-8(2)6-11/h6,9,12H,3-5,7H2,1-2H3. The van der Waals surface area contributed by atoms with Gasteiger partial charge >= 0.3 is 0 Å². The van der Waals surface area contributed by atoms with E-state index in [0.29, 0.717) is 4.83 Å². The molecule has 0 bridgehead atoms. The molecule has 0 aromatic rings.